The molecule has 7 nitrogen and oxygen atoms in total. The third-order valence-corrected chi connectivity index (χ3v) is 4.80. The molecule has 1 aromatic heterocycles. The van der Waals surface area contributed by atoms with Crippen LogP contribution in [0.2, 0.25) is 5.02 Å². The van der Waals surface area contributed by atoms with Crippen LogP contribution in [0.5, 0.6) is 11.5 Å². The summed E-state index contributed by atoms with van der Waals surface area (Å²) < 4.78 is 16.5. The van der Waals surface area contributed by atoms with Crippen LogP contribution in [0, 0.1) is 0 Å². The van der Waals surface area contributed by atoms with Gasteiger partial charge in [-0.1, -0.05) is 29.8 Å². The number of carboxylic acid groups (broad SMARTS) is 1. The maximum absolute atomic E-state index is 11.7. The summed E-state index contributed by atoms with van der Waals surface area (Å²) in [6.45, 7) is 2.33. The van der Waals surface area contributed by atoms with Gasteiger partial charge in [-0.25, -0.2) is 4.79 Å². The van der Waals surface area contributed by atoms with Crippen molar-refractivity contribution in [3.05, 3.63) is 58.0 Å². The lowest BCUT2D eigenvalue weighted by molar-refractivity contribution is -0.131. The van der Waals surface area contributed by atoms with E-state index in [0.29, 0.717) is 34.3 Å². The summed E-state index contributed by atoms with van der Waals surface area (Å²) in [6.07, 6.45) is 1.50. The highest BCUT2D eigenvalue weighted by Crippen LogP contribution is 2.35. The molecule has 0 bridgehead atoms. The zero-order valence-corrected chi connectivity index (χ0v) is 17.2. The van der Waals surface area contributed by atoms with Gasteiger partial charge in [-0.3, -0.25) is 0 Å². The number of nitrogens with zero attached hydrogens (tertiary/aromatic N) is 2. The van der Waals surface area contributed by atoms with Crippen LogP contribution in [0.3, 0.4) is 0 Å². The van der Waals surface area contributed by atoms with E-state index in [4.69, 9.17) is 25.5 Å². The Kier molecular flexibility index (Phi) is 6.79. The predicted molar refractivity (Wildman–Crippen MR) is 110 cm³/mol. The molecule has 29 heavy (non-hydrogen) atoms. The Morgan fingerprint density at radius 2 is 2.03 bits per heavy atom. The molecule has 0 atom stereocenters. The Balaban J connectivity index is 1.91. The molecule has 0 aliphatic carbocycles. The van der Waals surface area contributed by atoms with E-state index in [-0.39, 0.29) is 16.0 Å². The number of benzene rings is 2. The summed E-state index contributed by atoms with van der Waals surface area (Å²) in [6, 6.07) is 12.2. The molecular formula is C20H17ClN2O5S. The SMILES string of the molecule is CCOc1ccccc1/C=C(\Sc1nnc(-c2cc(Cl)ccc2OC)o1)C(=O)O. The van der Waals surface area contributed by atoms with E-state index in [1.807, 2.05) is 13.0 Å². The number of thioether (sulfide) groups is 1. The Bertz CT molecular complexity index is 1050. The first-order valence-electron chi connectivity index (χ1n) is 8.54. The number of carboxylic acids is 1. The second-order valence-corrected chi connectivity index (χ2v) is 7.03. The molecule has 9 heteroatoms. The minimum absolute atomic E-state index is 0.00501. The summed E-state index contributed by atoms with van der Waals surface area (Å²) in [5, 5.41) is 18.1. The van der Waals surface area contributed by atoms with Crippen molar-refractivity contribution in [1.29, 1.82) is 0 Å². The molecule has 2 aromatic carbocycles. The fourth-order valence-corrected chi connectivity index (χ4v) is 3.30. The fourth-order valence-electron chi connectivity index (χ4n) is 2.46. The van der Waals surface area contributed by atoms with Gasteiger partial charge in [-0.05, 0) is 49.0 Å². The summed E-state index contributed by atoms with van der Waals surface area (Å²) in [4.78, 5) is 11.7. The third kappa shape index (κ3) is 5.10. The number of para-hydroxylation sites is 1. The highest BCUT2D eigenvalue weighted by Gasteiger charge is 2.19. The number of ether oxygens (including phenoxy) is 2. The van der Waals surface area contributed by atoms with Crippen LogP contribution < -0.4 is 9.47 Å². The number of aliphatic carboxylic acids is 1. The second kappa shape index (κ2) is 9.49. The molecule has 0 spiro atoms. The van der Waals surface area contributed by atoms with Gasteiger partial charge >= 0.3 is 5.97 Å². The average Bonchev–Trinajstić information content (AvgIpc) is 3.17. The lowest BCUT2D eigenvalue weighted by atomic mass is 10.2. The van der Waals surface area contributed by atoms with Crippen LogP contribution in [0.4, 0.5) is 0 Å². The first kappa shape index (κ1) is 20.8. The van der Waals surface area contributed by atoms with Crippen molar-refractivity contribution in [2.75, 3.05) is 13.7 Å². The molecule has 0 unspecified atom stereocenters. The zero-order chi connectivity index (χ0) is 20.8. The molecule has 0 saturated heterocycles. The third-order valence-electron chi connectivity index (χ3n) is 3.71. The molecule has 0 aliphatic heterocycles. The van der Waals surface area contributed by atoms with Crippen LogP contribution >= 0.6 is 23.4 Å². The van der Waals surface area contributed by atoms with Gasteiger partial charge in [0, 0.05) is 10.6 Å². The van der Waals surface area contributed by atoms with Crippen LogP contribution in [0.15, 0.2) is 57.0 Å². The standard InChI is InChI=1S/C20H17ClN2O5S/c1-3-27-15-7-5-4-6-12(15)10-17(19(24)25)29-20-23-22-18(28-20)14-11-13(21)8-9-16(14)26-2/h4-11H,3H2,1-2H3,(H,24,25)/b17-10-. The van der Waals surface area contributed by atoms with Gasteiger partial charge in [0.25, 0.3) is 11.1 Å². The smallest absolute Gasteiger partial charge is 0.342 e. The van der Waals surface area contributed by atoms with Crippen LogP contribution in [0.1, 0.15) is 12.5 Å². The van der Waals surface area contributed by atoms with Crippen LogP contribution in [-0.2, 0) is 4.79 Å². The summed E-state index contributed by atoms with van der Waals surface area (Å²) >= 11 is 6.88. The van der Waals surface area contributed by atoms with Gasteiger partial charge in [0.1, 0.15) is 16.4 Å². The Labute approximate surface area is 176 Å². The minimum Gasteiger partial charge on any atom is -0.496 e. The monoisotopic (exact) mass is 432 g/mol. The Morgan fingerprint density at radius 3 is 2.76 bits per heavy atom. The maximum Gasteiger partial charge on any atom is 0.342 e. The molecule has 150 valence electrons. The first-order valence-corrected chi connectivity index (χ1v) is 9.73. The van der Waals surface area contributed by atoms with Crippen molar-refractivity contribution in [2.24, 2.45) is 0 Å². The van der Waals surface area contributed by atoms with Gasteiger partial charge in [0.2, 0.25) is 0 Å². The quantitative estimate of drug-likeness (QED) is 0.392. The Hall–Kier alpha value is -2.97. The van der Waals surface area contributed by atoms with E-state index in [1.165, 1.54) is 13.2 Å². The number of carbonyl (C=O) groups is 1. The number of halogens is 1. The van der Waals surface area contributed by atoms with Crippen molar-refractivity contribution in [3.63, 3.8) is 0 Å². The number of hydrogen-bond acceptors (Lipinski definition) is 7. The van der Waals surface area contributed by atoms with Gasteiger partial charge < -0.3 is 19.0 Å². The predicted octanol–water partition coefficient (Wildman–Crippen LogP) is 5.02. The molecule has 0 fully saturated rings. The van der Waals surface area contributed by atoms with E-state index in [2.05, 4.69) is 10.2 Å². The van der Waals surface area contributed by atoms with Crippen molar-refractivity contribution in [2.45, 2.75) is 12.1 Å². The highest BCUT2D eigenvalue weighted by atomic mass is 35.5. The lowest BCUT2D eigenvalue weighted by Gasteiger charge is -2.07. The normalized spacial score (nSPS) is 11.3. The molecule has 0 amide bonds. The summed E-state index contributed by atoms with van der Waals surface area (Å²) in [7, 11) is 1.51. The number of methoxy groups -OCH3 is 1. The maximum atomic E-state index is 11.7. The van der Waals surface area contributed by atoms with Crippen molar-refractivity contribution < 1.29 is 23.8 Å². The molecular weight excluding hydrogens is 416 g/mol. The number of hydrogen-bond donors (Lipinski definition) is 1. The lowest BCUT2D eigenvalue weighted by Crippen LogP contribution is -1.98. The van der Waals surface area contributed by atoms with Crippen molar-refractivity contribution in [3.8, 4) is 23.0 Å². The molecule has 0 saturated carbocycles. The largest absolute Gasteiger partial charge is 0.496 e. The van der Waals surface area contributed by atoms with Crippen LogP contribution in [-0.4, -0.2) is 35.0 Å². The van der Waals surface area contributed by atoms with E-state index in [0.717, 1.165) is 11.8 Å². The summed E-state index contributed by atoms with van der Waals surface area (Å²) in [5.41, 5.74) is 1.15. The molecule has 1 heterocycles. The highest BCUT2D eigenvalue weighted by molar-refractivity contribution is 8.03. The van der Waals surface area contributed by atoms with Gasteiger partial charge in [0.05, 0.1) is 19.3 Å². The van der Waals surface area contributed by atoms with E-state index >= 15 is 0 Å². The molecule has 1 N–H and O–H groups in total. The summed E-state index contributed by atoms with van der Waals surface area (Å²) in [5.74, 6) is 0.145. The fraction of sp³-hybridized carbons (Fsp3) is 0.150. The van der Waals surface area contributed by atoms with Gasteiger partial charge in [0.15, 0.2) is 0 Å². The molecule has 0 aliphatic rings. The zero-order valence-electron chi connectivity index (χ0n) is 15.6. The minimum atomic E-state index is -1.12. The van der Waals surface area contributed by atoms with Crippen LogP contribution in [0.25, 0.3) is 17.5 Å². The van der Waals surface area contributed by atoms with Gasteiger partial charge in [-0.2, -0.15) is 0 Å². The van der Waals surface area contributed by atoms with Crippen molar-refractivity contribution in [1.82, 2.24) is 10.2 Å². The number of rotatable bonds is 8. The van der Waals surface area contributed by atoms with E-state index in [9.17, 15) is 9.90 Å². The van der Waals surface area contributed by atoms with E-state index < -0.39 is 5.97 Å². The topological polar surface area (TPSA) is 94.7 Å². The molecule has 3 rings (SSSR count). The van der Waals surface area contributed by atoms with E-state index in [1.54, 1.807) is 36.4 Å². The second-order valence-electron chi connectivity index (χ2n) is 5.60. The molecule has 3 aromatic rings. The number of aromatic nitrogens is 2. The van der Waals surface area contributed by atoms with Crippen molar-refractivity contribution >= 4 is 35.4 Å². The van der Waals surface area contributed by atoms with Gasteiger partial charge in [-0.15, -0.1) is 10.2 Å². The first-order chi connectivity index (χ1) is 14.0. The molecule has 0 radical (unpaired) electrons. The Morgan fingerprint density at radius 1 is 1.24 bits per heavy atom. The average molecular weight is 433 g/mol.